The molecule has 2 amide bonds. The third-order valence-corrected chi connectivity index (χ3v) is 8.35. The fourth-order valence-electron chi connectivity index (χ4n) is 4.64. The summed E-state index contributed by atoms with van der Waals surface area (Å²) in [6, 6.07) is 12.3. The van der Waals surface area contributed by atoms with E-state index >= 15 is 0 Å². The zero-order valence-electron chi connectivity index (χ0n) is 21.4. The molecular weight excluding hydrogens is 506 g/mol. The Balaban J connectivity index is 1.46. The second-order valence-electron chi connectivity index (χ2n) is 9.89. The molecule has 202 valence electrons. The number of carbonyl (C=O) groups is 2. The number of aliphatic hydroxyl groups is 1. The van der Waals surface area contributed by atoms with Gasteiger partial charge in [-0.1, -0.05) is 44.2 Å². The number of fused-ring (bicyclic) bond motifs is 1. The molecule has 2 unspecified atom stereocenters. The molecule has 1 aromatic carbocycles. The molecule has 1 aliphatic rings. The first-order valence-electron chi connectivity index (χ1n) is 12.7. The Hall–Kier alpha value is -3.41. The number of amides is 2. The van der Waals surface area contributed by atoms with Gasteiger partial charge in [0, 0.05) is 30.9 Å². The van der Waals surface area contributed by atoms with Crippen LogP contribution in [0.25, 0.3) is 10.8 Å². The number of nitrogens with one attached hydrogen (secondary N) is 2. The molecule has 3 heterocycles. The van der Waals surface area contributed by atoms with Crippen LogP contribution in [0, 0.1) is 5.92 Å². The summed E-state index contributed by atoms with van der Waals surface area (Å²) in [5.74, 6) is -0.793. The van der Waals surface area contributed by atoms with E-state index in [9.17, 15) is 23.1 Å². The molecule has 4 rings (SSSR count). The lowest BCUT2D eigenvalue weighted by Gasteiger charge is -2.27. The van der Waals surface area contributed by atoms with Crippen LogP contribution in [0.3, 0.4) is 0 Å². The maximum Gasteiger partial charge on any atom is 0.271 e. The van der Waals surface area contributed by atoms with E-state index in [0.717, 1.165) is 5.39 Å². The first-order chi connectivity index (χ1) is 18.2. The Morgan fingerprint density at radius 3 is 2.58 bits per heavy atom. The average Bonchev–Trinajstić information content (AvgIpc) is 3.09. The Kier molecular flexibility index (Phi) is 8.70. The van der Waals surface area contributed by atoms with Gasteiger partial charge in [-0.2, -0.15) is 4.31 Å². The maximum atomic E-state index is 13.3. The average molecular weight is 540 g/mol. The summed E-state index contributed by atoms with van der Waals surface area (Å²) < 4.78 is 27.2. The number of hydrogen-bond donors (Lipinski definition) is 3. The van der Waals surface area contributed by atoms with E-state index in [1.165, 1.54) is 16.6 Å². The van der Waals surface area contributed by atoms with Crippen molar-refractivity contribution in [2.75, 3.05) is 13.1 Å². The third-order valence-electron chi connectivity index (χ3n) is 6.57. The van der Waals surface area contributed by atoms with E-state index in [1.54, 1.807) is 24.4 Å². The second-order valence-corrected chi connectivity index (χ2v) is 11.8. The summed E-state index contributed by atoms with van der Waals surface area (Å²) in [5.41, 5.74) is 0.231. The lowest BCUT2D eigenvalue weighted by atomic mass is 10.0. The molecule has 1 saturated heterocycles. The maximum absolute atomic E-state index is 13.3. The molecule has 11 heteroatoms. The van der Waals surface area contributed by atoms with Crippen molar-refractivity contribution in [3.05, 3.63) is 66.6 Å². The smallest absolute Gasteiger partial charge is 0.271 e. The summed E-state index contributed by atoms with van der Waals surface area (Å²) in [4.78, 5) is 34.7. The predicted molar refractivity (Wildman–Crippen MR) is 143 cm³/mol. The highest BCUT2D eigenvalue weighted by Gasteiger charge is 2.35. The van der Waals surface area contributed by atoms with E-state index in [1.807, 2.05) is 38.1 Å². The molecule has 2 aromatic heterocycles. The van der Waals surface area contributed by atoms with Crippen molar-refractivity contribution in [3.63, 3.8) is 0 Å². The summed E-state index contributed by atoms with van der Waals surface area (Å²) in [6.07, 6.45) is 3.03. The standard InChI is InChI=1S/C27H33N5O5S/c1-18(2)16-22(31-27(35)25-20-9-4-3-8-19(20)12-14-29-25)26(34)30-21-10-7-15-32(17-23(21)33)38(36,37)24-11-5-6-13-28-24/h3-6,8-9,11-14,18,21-23,33H,7,10,15-17H2,1-2H3,(H,30,34)(H,31,35)/t21?,22-,23?/m0/s1. The monoisotopic (exact) mass is 539 g/mol. The van der Waals surface area contributed by atoms with Crippen LogP contribution >= 0.6 is 0 Å². The lowest BCUT2D eigenvalue weighted by Crippen LogP contribution is -2.54. The van der Waals surface area contributed by atoms with Gasteiger partial charge in [0.2, 0.25) is 5.91 Å². The largest absolute Gasteiger partial charge is 0.390 e. The fourth-order valence-corrected chi connectivity index (χ4v) is 6.07. The topological polar surface area (TPSA) is 142 Å². The minimum absolute atomic E-state index is 0.0866. The number of hydrogen-bond acceptors (Lipinski definition) is 7. The van der Waals surface area contributed by atoms with Gasteiger partial charge in [0.25, 0.3) is 15.9 Å². The minimum Gasteiger partial charge on any atom is -0.390 e. The second kappa shape index (κ2) is 12.0. The zero-order chi connectivity index (χ0) is 27.3. The zero-order valence-corrected chi connectivity index (χ0v) is 22.3. The van der Waals surface area contributed by atoms with Crippen molar-refractivity contribution in [1.29, 1.82) is 0 Å². The van der Waals surface area contributed by atoms with Gasteiger partial charge in [-0.3, -0.25) is 14.6 Å². The number of aromatic nitrogens is 2. The summed E-state index contributed by atoms with van der Waals surface area (Å²) in [5, 5.41) is 18.0. The summed E-state index contributed by atoms with van der Waals surface area (Å²) in [6.45, 7) is 3.92. The normalized spacial score (nSPS) is 19.6. The molecule has 0 aliphatic carbocycles. The molecule has 10 nitrogen and oxygen atoms in total. The van der Waals surface area contributed by atoms with Gasteiger partial charge in [-0.25, -0.2) is 13.4 Å². The van der Waals surface area contributed by atoms with Crippen LogP contribution < -0.4 is 10.6 Å². The molecular formula is C27H33N5O5S. The highest BCUT2D eigenvalue weighted by molar-refractivity contribution is 7.89. The lowest BCUT2D eigenvalue weighted by molar-refractivity contribution is -0.125. The first-order valence-corrected chi connectivity index (χ1v) is 14.1. The molecule has 3 N–H and O–H groups in total. The SMILES string of the molecule is CC(C)C[C@H](NC(=O)c1nccc2ccccc12)C(=O)NC1CCCN(S(=O)(=O)c2ccccn2)CC1O. The van der Waals surface area contributed by atoms with Crippen LogP contribution in [0.1, 0.15) is 43.6 Å². The number of carbonyl (C=O) groups excluding carboxylic acids is 2. The summed E-state index contributed by atoms with van der Waals surface area (Å²) in [7, 11) is -3.88. The van der Waals surface area contributed by atoms with Crippen molar-refractivity contribution < 1.29 is 23.1 Å². The number of pyridine rings is 2. The van der Waals surface area contributed by atoms with Crippen molar-refractivity contribution >= 4 is 32.6 Å². The summed E-state index contributed by atoms with van der Waals surface area (Å²) >= 11 is 0. The molecule has 3 atom stereocenters. The Morgan fingerprint density at radius 1 is 1.08 bits per heavy atom. The molecule has 0 spiro atoms. The first kappa shape index (κ1) is 27.6. The van der Waals surface area contributed by atoms with Gasteiger partial charge < -0.3 is 15.7 Å². The van der Waals surface area contributed by atoms with E-state index < -0.39 is 40.0 Å². The van der Waals surface area contributed by atoms with Crippen molar-refractivity contribution in [1.82, 2.24) is 24.9 Å². The molecule has 0 bridgehead atoms. The Morgan fingerprint density at radius 2 is 1.84 bits per heavy atom. The number of β-amino-alcohol motifs (C(OH)–C–C–N with tert-alkyl or cyclic N) is 1. The van der Waals surface area contributed by atoms with Crippen molar-refractivity contribution in [3.8, 4) is 0 Å². The van der Waals surface area contributed by atoms with E-state index in [4.69, 9.17) is 0 Å². The minimum atomic E-state index is -3.88. The van der Waals surface area contributed by atoms with Crippen molar-refractivity contribution in [2.24, 2.45) is 5.92 Å². The van der Waals surface area contributed by atoms with Gasteiger partial charge in [0.1, 0.15) is 11.7 Å². The number of aliphatic hydroxyl groups excluding tert-OH is 1. The highest BCUT2D eigenvalue weighted by Crippen LogP contribution is 2.20. The van der Waals surface area contributed by atoms with Gasteiger partial charge in [0.05, 0.1) is 12.1 Å². The number of nitrogens with zero attached hydrogens (tertiary/aromatic N) is 3. The highest BCUT2D eigenvalue weighted by atomic mass is 32.2. The molecule has 0 saturated carbocycles. The van der Waals surface area contributed by atoms with Crippen LogP contribution in [0.15, 0.2) is 66.0 Å². The van der Waals surface area contributed by atoms with E-state index in [-0.39, 0.29) is 29.7 Å². The molecule has 1 fully saturated rings. The van der Waals surface area contributed by atoms with Crippen LogP contribution in [-0.4, -0.2) is 70.9 Å². The van der Waals surface area contributed by atoms with E-state index in [0.29, 0.717) is 24.6 Å². The van der Waals surface area contributed by atoms with Gasteiger partial charge in [0.15, 0.2) is 5.03 Å². The predicted octanol–water partition coefficient (Wildman–Crippen LogP) is 2.10. The molecule has 0 radical (unpaired) electrons. The number of rotatable bonds is 8. The third kappa shape index (κ3) is 6.35. The van der Waals surface area contributed by atoms with Crippen LogP contribution in [-0.2, 0) is 14.8 Å². The van der Waals surface area contributed by atoms with Crippen LogP contribution in [0.4, 0.5) is 0 Å². The van der Waals surface area contributed by atoms with Crippen molar-refractivity contribution in [2.45, 2.75) is 56.3 Å². The molecule has 3 aromatic rings. The van der Waals surface area contributed by atoms with E-state index in [2.05, 4.69) is 20.6 Å². The Labute approximate surface area is 222 Å². The number of benzene rings is 1. The quantitative estimate of drug-likeness (QED) is 0.398. The van der Waals surface area contributed by atoms with Gasteiger partial charge in [-0.15, -0.1) is 0 Å². The Bertz CT molecular complexity index is 1380. The molecule has 1 aliphatic heterocycles. The van der Waals surface area contributed by atoms with Gasteiger partial charge >= 0.3 is 0 Å². The van der Waals surface area contributed by atoms with Crippen LogP contribution in [0.5, 0.6) is 0 Å². The molecule has 38 heavy (non-hydrogen) atoms. The fraction of sp³-hybridized carbons (Fsp3) is 0.407. The van der Waals surface area contributed by atoms with Crippen LogP contribution in [0.2, 0.25) is 0 Å². The number of sulfonamides is 1. The van der Waals surface area contributed by atoms with Gasteiger partial charge in [-0.05, 0) is 48.8 Å².